The van der Waals surface area contributed by atoms with Gasteiger partial charge < -0.3 is 14.5 Å². The molecule has 6 nitrogen and oxygen atoms in total. The molecule has 2 amide bonds. The third-order valence-corrected chi connectivity index (χ3v) is 4.91. The number of nitrogens with zero attached hydrogens (tertiary/aromatic N) is 1. The molecule has 1 saturated heterocycles. The number of carbonyl (C=O) groups is 2. The van der Waals surface area contributed by atoms with Crippen molar-refractivity contribution < 1.29 is 19.1 Å². The summed E-state index contributed by atoms with van der Waals surface area (Å²) in [5.41, 5.74) is 3.21. The molecule has 0 unspecified atom stereocenters. The van der Waals surface area contributed by atoms with Gasteiger partial charge in [-0.3, -0.25) is 14.5 Å². The van der Waals surface area contributed by atoms with Gasteiger partial charge in [0.2, 0.25) is 5.91 Å². The molecule has 1 N–H and O–H groups in total. The smallest absolute Gasteiger partial charge is 0.257 e. The summed E-state index contributed by atoms with van der Waals surface area (Å²) in [6.07, 6.45) is 3.77. The molecule has 2 aromatic carbocycles. The standard InChI is InChI=1S/C22H20N2O4/c1-27-19-7-6-14(10-20(19)28-2)13-24-21(25)12-16(22(24)26)11-15-4-3-5-18-17(15)8-9-23-18/h3-11,23H,12-13H2,1-2H3. The van der Waals surface area contributed by atoms with E-state index in [4.69, 9.17) is 9.47 Å². The molecule has 3 aromatic rings. The summed E-state index contributed by atoms with van der Waals surface area (Å²) in [5, 5.41) is 1.02. The molecule has 1 aliphatic heterocycles. The molecular formula is C22H20N2O4. The van der Waals surface area contributed by atoms with E-state index in [1.165, 1.54) is 4.90 Å². The Morgan fingerprint density at radius 2 is 1.89 bits per heavy atom. The molecule has 6 heteroatoms. The van der Waals surface area contributed by atoms with Crippen molar-refractivity contribution in [3.05, 3.63) is 65.4 Å². The van der Waals surface area contributed by atoms with Crippen LogP contribution in [0.2, 0.25) is 0 Å². The highest BCUT2D eigenvalue weighted by molar-refractivity contribution is 6.16. The normalized spacial score (nSPS) is 15.6. The van der Waals surface area contributed by atoms with Crippen molar-refractivity contribution in [2.24, 2.45) is 0 Å². The molecule has 4 rings (SSSR count). The Morgan fingerprint density at radius 3 is 2.68 bits per heavy atom. The summed E-state index contributed by atoms with van der Waals surface area (Å²) in [6, 6.07) is 13.2. The van der Waals surface area contributed by atoms with Gasteiger partial charge in [-0.25, -0.2) is 0 Å². The van der Waals surface area contributed by atoms with Crippen molar-refractivity contribution in [3.63, 3.8) is 0 Å². The van der Waals surface area contributed by atoms with E-state index >= 15 is 0 Å². The van der Waals surface area contributed by atoms with E-state index in [0.29, 0.717) is 17.1 Å². The fourth-order valence-electron chi connectivity index (χ4n) is 3.48. The number of amides is 2. The molecular weight excluding hydrogens is 356 g/mol. The maximum atomic E-state index is 12.8. The lowest BCUT2D eigenvalue weighted by atomic mass is 10.1. The number of aromatic nitrogens is 1. The second-order valence-corrected chi connectivity index (χ2v) is 6.61. The van der Waals surface area contributed by atoms with E-state index in [-0.39, 0.29) is 24.8 Å². The number of methoxy groups -OCH3 is 2. The van der Waals surface area contributed by atoms with E-state index in [2.05, 4.69) is 4.98 Å². The minimum absolute atomic E-state index is 0.104. The van der Waals surface area contributed by atoms with Gasteiger partial charge in [-0.1, -0.05) is 18.2 Å². The number of fused-ring (bicyclic) bond motifs is 1. The molecule has 142 valence electrons. The van der Waals surface area contributed by atoms with Gasteiger partial charge in [0.15, 0.2) is 11.5 Å². The zero-order valence-corrected chi connectivity index (χ0v) is 15.7. The Bertz CT molecular complexity index is 1100. The van der Waals surface area contributed by atoms with Crippen molar-refractivity contribution in [3.8, 4) is 11.5 Å². The van der Waals surface area contributed by atoms with Gasteiger partial charge in [-0.05, 0) is 41.5 Å². The van der Waals surface area contributed by atoms with Crippen LogP contribution in [-0.2, 0) is 16.1 Å². The molecule has 0 aliphatic carbocycles. The number of nitrogens with one attached hydrogen (secondary N) is 1. The maximum Gasteiger partial charge on any atom is 0.257 e. The van der Waals surface area contributed by atoms with E-state index in [1.807, 2.05) is 42.6 Å². The number of hydrogen-bond acceptors (Lipinski definition) is 4. The van der Waals surface area contributed by atoms with Gasteiger partial charge in [-0.15, -0.1) is 0 Å². The second-order valence-electron chi connectivity index (χ2n) is 6.61. The largest absolute Gasteiger partial charge is 0.493 e. The molecule has 0 radical (unpaired) electrons. The monoisotopic (exact) mass is 376 g/mol. The van der Waals surface area contributed by atoms with E-state index in [9.17, 15) is 9.59 Å². The summed E-state index contributed by atoms with van der Waals surface area (Å²) in [4.78, 5) is 29.8. The molecule has 0 saturated carbocycles. The van der Waals surface area contributed by atoms with Gasteiger partial charge >= 0.3 is 0 Å². The first-order chi connectivity index (χ1) is 13.6. The second kappa shape index (κ2) is 7.23. The molecule has 1 aliphatic rings. The number of likely N-dealkylation sites (tertiary alicyclic amines) is 1. The number of aromatic amines is 1. The number of rotatable bonds is 5. The van der Waals surface area contributed by atoms with Crippen LogP contribution in [0.15, 0.2) is 54.2 Å². The number of imide groups is 1. The lowest BCUT2D eigenvalue weighted by Gasteiger charge is -2.15. The van der Waals surface area contributed by atoms with Crippen molar-refractivity contribution in [1.82, 2.24) is 9.88 Å². The maximum absolute atomic E-state index is 12.8. The minimum Gasteiger partial charge on any atom is -0.493 e. The summed E-state index contributed by atoms with van der Waals surface area (Å²) in [7, 11) is 3.11. The molecule has 0 spiro atoms. The quantitative estimate of drug-likeness (QED) is 0.546. The number of ether oxygens (including phenoxy) is 2. The lowest BCUT2D eigenvalue weighted by molar-refractivity contribution is -0.138. The first kappa shape index (κ1) is 17.9. The average Bonchev–Trinajstić information content (AvgIpc) is 3.29. The van der Waals surface area contributed by atoms with Crippen LogP contribution in [0.3, 0.4) is 0 Å². The fraction of sp³-hybridized carbons (Fsp3) is 0.182. The summed E-state index contributed by atoms with van der Waals surface area (Å²) >= 11 is 0. The van der Waals surface area contributed by atoms with Crippen molar-refractivity contribution in [1.29, 1.82) is 0 Å². The number of benzene rings is 2. The third-order valence-electron chi connectivity index (χ3n) is 4.91. The highest BCUT2D eigenvalue weighted by atomic mass is 16.5. The van der Waals surface area contributed by atoms with E-state index in [0.717, 1.165) is 22.0 Å². The zero-order chi connectivity index (χ0) is 19.7. The SMILES string of the molecule is COc1ccc(CN2C(=O)CC(=Cc3cccc4[nH]ccc34)C2=O)cc1OC. The highest BCUT2D eigenvalue weighted by Crippen LogP contribution is 2.30. The molecule has 0 atom stereocenters. The summed E-state index contributed by atoms with van der Waals surface area (Å²) in [6.45, 7) is 0.198. The summed E-state index contributed by atoms with van der Waals surface area (Å²) < 4.78 is 10.5. The molecule has 0 bridgehead atoms. The van der Waals surface area contributed by atoms with Crippen LogP contribution in [0.25, 0.3) is 17.0 Å². The number of carbonyl (C=O) groups excluding carboxylic acids is 2. The van der Waals surface area contributed by atoms with E-state index in [1.54, 1.807) is 26.4 Å². The fourth-order valence-corrected chi connectivity index (χ4v) is 3.48. The zero-order valence-electron chi connectivity index (χ0n) is 15.7. The third kappa shape index (κ3) is 3.13. The topological polar surface area (TPSA) is 71.6 Å². The van der Waals surface area contributed by atoms with Crippen molar-refractivity contribution in [2.75, 3.05) is 14.2 Å². The van der Waals surface area contributed by atoms with Crippen LogP contribution < -0.4 is 9.47 Å². The Balaban J connectivity index is 1.60. The molecule has 1 fully saturated rings. The Morgan fingerprint density at radius 1 is 1.07 bits per heavy atom. The predicted molar refractivity (Wildman–Crippen MR) is 106 cm³/mol. The Hall–Kier alpha value is -3.54. The van der Waals surface area contributed by atoms with Crippen LogP contribution in [0, 0.1) is 0 Å². The Kier molecular flexibility index (Phi) is 4.61. The van der Waals surface area contributed by atoms with Gasteiger partial charge in [0.25, 0.3) is 5.91 Å². The highest BCUT2D eigenvalue weighted by Gasteiger charge is 2.33. The minimum atomic E-state index is -0.257. The predicted octanol–water partition coefficient (Wildman–Crippen LogP) is 3.53. The van der Waals surface area contributed by atoms with Crippen LogP contribution in [0.4, 0.5) is 0 Å². The van der Waals surface area contributed by atoms with Gasteiger partial charge in [-0.2, -0.15) is 0 Å². The van der Waals surface area contributed by atoms with Crippen LogP contribution in [0.5, 0.6) is 11.5 Å². The van der Waals surface area contributed by atoms with Crippen LogP contribution >= 0.6 is 0 Å². The van der Waals surface area contributed by atoms with Crippen LogP contribution in [0.1, 0.15) is 17.5 Å². The average molecular weight is 376 g/mol. The molecule has 28 heavy (non-hydrogen) atoms. The number of hydrogen-bond donors (Lipinski definition) is 1. The van der Waals surface area contributed by atoms with Gasteiger partial charge in [0.05, 0.1) is 27.2 Å². The van der Waals surface area contributed by atoms with Gasteiger partial charge in [0.1, 0.15) is 0 Å². The lowest BCUT2D eigenvalue weighted by Crippen LogP contribution is -2.28. The van der Waals surface area contributed by atoms with Crippen molar-refractivity contribution >= 4 is 28.8 Å². The number of H-pyrrole nitrogens is 1. The first-order valence-electron chi connectivity index (χ1n) is 8.93. The summed E-state index contributed by atoms with van der Waals surface area (Å²) in [5.74, 6) is 0.708. The van der Waals surface area contributed by atoms with Gasteiger partial charge in [0, 0.05) is 22.7 Å². The van der Waals surface area contributed by atoms with E-state index < -0.39 is 0 Å². The molecule has 1 aromatic heterocycles. The molecule has 2 heterocycles. The van der Waals surface area contributed by atoms with Crippen LogP contribution in [-0.4, -0.2) is 35.9 Å². The van der Waals surface area contributed by atoms with Crippen molar-refractivity contribution in [2.45, 2.75) is 13.0 Å². The Labute approximate surface area is 162 Å². The first-order valence-corrected chi connectivity index (χ1v) is 8.93.